The van der Waals surface area contributed by atoms with Crippen LogP contribution in [0.4, 0.5) is 5.69 Å². The predicted molar refractivity (Wildman–Crippen MR) is 72.1 cm³/mol. The average Bonchev–Trinajstić information content (AvgIpc) is 2.78. The summed E-state index contributed by atoms with van der Waals surface area (Å²) in [6.07, 6.45) is 4.62. The second-order valence-electron chi connectivity index (χ2n) is 4.72. The van der Waals surface area contributed by atoms with Gasteiger partial charge in [0.15, 0.2) is 0 Å². The number of benzene rings is 1. The molecule has 1 fully saturated rings. The molecule has 1 aromatic carbocycles. The van der Waals surface area contributed by atoms with Crippen LogP contribution in [-0.4, -0.2) is 19.4 Å². The third-order valence-corrected chi connectivity index (χ3v) is 3.73. The van der Waals surface area contributed by atoms with Crippen molar-refractivity contribution in [2.24, 2.45) is 5.92 Å². The molecule has 0 radical (unpaired) electrons. The number of carbonyl (C=O) groups is 1. The fourth-order valence-corrected chi connectivity index (χ4v) is 2.86. The van der Waals surface area contributed by atoms with E-state index in [2.05, 4.69) is 11.8 Å². The monoisotopic (exact) mass is 251 g/mol. The predicted octanol–water partition coefficient (Wildman–Crippen LogP) is 3.78. The highest BCUT2D eigenvalue weighted by Crippen LogP contribution is 2.32. The summed E-state index contributed by atoms with van der Waals surface area (Å²) >= 11 is 6.21. The largest absolute Gasteiger partial charge is 0.370 e. The van der Waals surface area contributed by atoms with Gasteiger partial charge < -0.3 is 4.90 Å². The van der Waals surface area contributed by atoms with E-state index in [9.17, 15) is 4.79 Å². The molecule has 0 bridgehead atoms. The van der Waals surface area contributed by atoms with E-state index < -0.39 is 0 Å². The number of rotatable bonds is 4. The van der Waals surface area contributed by atoms with Crippen LogP contribution in [0.2, 0.25) is 5.02 Å². The minimum Gasteiger partial charge on any atom is -0.370 e. The summed E-state index contributed by atoms with van der Waals surface area (Å²) in [5.74, 6) is 0.793. The second-order valence-corrected chi connectivity index (χ2v) is 5.13. The van der Waals surface area contributed by atoms with Crippen molar-refractivity contribution < 1.29 is 4.79 Å². The average molecular weight is 252 g/mol. The van der Waals surface area contributed by atoms with Crippen molar-refractivity contribution in [1.82, 2.24) is 0 Å². The van der Waals surface area contributed by atoms with Crippen LogP contribution in [0.15, 0.2) is 18.2 Å². The molecule has 3 heteroatoms. The lowest BCUT2D eigenvalue weighted by Crippen LogP contribution is -2.19. The van der Waals surface area contributed by atoms with Crippen molar-refractivity contribution in [3.05, 3.63) is 28.8 Å². The highest BCUT2D eigenvalue weighted by Gasteiger charge is 2.23. The minimum absolute atomic E-state index is 0.642. The van der Waals surface area contributed by atoms with Gasteiger partial charge in [-0.15, -0.1) is 0 Å². The Morgan fingerprint density at radius 2 is 2.35 bits per heavy atom. The van der Waals surface area contributed by atoms with E-state index in [1.165, 1.54) is 19.3 Å². The Bertz CT molecular complexity index is 405. The molecule has 0 spiro atoms. The quantitative estimate of drug-likeness (QED) is 0.759. The van der Waals surface area contributed by atoms with E-state index in [0.29, 0.717) is 10.6 Å². The highest BCUT2D eigenvalue weighted by atomic mass is 35.5. The van der Waals surface area contributed by atoms with Crippen molar-refractivity contribution in [3.8, 4) is 0 Å². The van der Waals surface area contributed by atoms with E-state index in [1.54, 1.807) is 6.07 Å². The van der Waals surface area contributed by atoms with Gasteiger partial charge in [0.25, 0.3) is 0 Å². The SMILES string of the molecule is CCCC1CCN(c2ccc(C=O)cc2Cl)C1. The number of hydrogen-bond donors (Lipinski definition) is 0. The molecular weight excluding hydrogens is 234 g/mol. The maximum Gasteiger partial charge on any atom is 0.150 e. The van der Waals surface area contributed by atoms with Gasteiger partial charge in [0.2, 0.25) is 0 Å². The van der Waals surface area contributed by atoms with Crippen molar-refractivity contribution in [1.29, 1.82) is 0 Å². The number of carbonyl (C=O) groups excluding carboxylic acids is 1. The molecule has 2 nitrogen and oxygen atoms in total. The molecule has 1 aliphatic heterocycles. The summed E-state index contributed by atoms with van der Waals surface area (Å²) < 4.78 is 0. The van der Waals surface area contributed by atoms with E-state index in [1.807, 2.05) is 12.1 Å². The van der Waals surface area contributed by atoms with E-state index >= 15 is 0 Å². The molecule has 1 aliphatic rings. The van der Waals surface area contributed by atoms with Crippen molar-refractivity contribution in [3.63, 3.8) is 0 Å². The first-order chi connectivity index (χ1) is 8.24. The number of halogens is 1. The Hall–Kier alpha value is -1.02. The summed E-state index contributed by atoms with van der Waals surface area (Å²) in [6.45, 7) is 4.40. The fraction of sp³-hybridized carbons (Fsp3) is 0.500. The Balaban J connectivity index is 2.10. The summed E-state index contributed by atoms with van der Waals surface area (Å²) in [7, 11) is 0. The van der Waals surface area contributed by atoms with Crippen LogP contribution in [-0.2, 0) is 0 Å². The molecule has 1 atom stereocenters. The number of aldehydes is 1. The first-order valence-corrected chi connectivity index (χ1v) is 6.62. The van der Waals surface area contributed by atoms with Gasteiger partial charge >= 0.3 is 0 Å². The lowest BCUT2D eigenvalue weighted by molar-refractivity contribution is 0.112. The zero-order chi connectivity index (χ0) is 12.3. The number of nitrogens with zero attached hydrogens (tertiary/aromatic N) is 1. The zero-order valence-corrected chi connectivity index (χ0v) is 10.9. The second kappa shape index (κ2) is 5.54. The minimum atomic E-state index is 0.642. The van der Waals surface area contributed by atoms with E-state index in [0.717, 1.165) is 31.0 Å². The molecule has 1 heterocycles. The number of anilines is 1. The maximum atomic E-state index is 10.7. The highest BCUT2D eigenvalue weighted by molar-refractivity contribution is 6.33. The fourth-order valence-electron chi connectivity index (χ4n) is 2.55. The molecule has 1 saturated heterocycles. The molecule has 92 valence electrons. The summed E-state index contributed by atoms with van der Waals surface area (Å²) in [4.78, 5) is 13.0. The third kappa shape index (κ3) is 2.81. The summed E-state index contributed by atoms with van der Waals surface area (Å²) in [5, 5.41) is 0.687. The first kappa shape index (κ1) is 12.4. The van der Waals surface area contributed by atoms with Crippen LogP contribution in [0.25, 0.3) is 0 Å². The van der Waals surface area contributed by atoms with Gasteiger partial charge in [-0.05, 0) is 37.0 Å². The van der Waals surface area contributed by atoms with Crippen molar-refractivity contribution in [2.75, 3.05) is 18.0 Å². The van der Waals surface area contributed by atoms with Gasteiger partial charge in [-0.25, -0.2) is 0 Å². The van der Waals surface area contributed by atoms with Crippen LogP contribution >= 0.6 is 11.6 Å². The lowest BCUT2D eigenvalue weighted by Gasteiger charge is -2.20. The normalized spacial score (nSPS) is 19.6. The van der Waals surface area contributed by atoms with Crippen LogP contribution in [0.3, 0.4) is 0 Å². The Kier molecular flexibility index (Phi) is 4.06. The molecule has 1 aromatic rings. The van der Waals surface area contributed by atoms with Gasteiger partial charge in [-0.1, -0.05) is 24.9 Å². The van der Waals surface area contributed by atoms with Gasteiger partial charge in [-0.2, -0.15) is 0 Å². The van der Waals surface area contributed by atoms with Crippen molar-refractivity contribution >= 4 is 23.6 Å². The molecule has 0 amide bonds. The summed E-state index contributed by atoms with van der Waals surface area (Å²) in [5.41, 5.74) is 1.71. The molecule has 0 N–H and O–H groups in total. The van der Waals surface area contributed by atoms with Gasteiger partial charge in [0, 0.05) is 18.7 Å². The molecule has 17 heavy (non-hydrogen) atoms. The zero-order valence-electron chi connectivity index (χ0n) is 10.2. The molecular formula is C14H18ClNO. The van der Waals surface area contributed by atoms with Gasteiger partial charge in [0.05, 0.1) is 10.7 Å². The molecule has 1 unspecified atom stereocenters. The number of hydrogen-bond acceptors (Lipinski definition) is 2. The van der Waals surface area contributed by atoms with E-state index in [4.69, 9.17) is 11.6 Å². The van der Waals surface area contributed by atoms with Gasteiger partial charge in [0.1, 0.15) is 6.29 Å². The maximum absolute atomic E-state index is 10.7. The molecule has 0 aliphatic carbocycles. The third-order valence-electron chi connectivity index (χ3n) is 3.43. The van der Waals surface area contributed by atoms with Crippen LogP contribution in [0.5, 0.6) is 0 Å². The van der Waals surface area contributed by atoms with E-state index in [-0.39, 0.29) is 0 Å². The Labute approximate surface area is 108 Å². The van der Waals surface area contributed by atoms with Crippen LogP contribution < -0.4 is 4.90 Å². The molecule has 2 rings (SSSR count). The lowest BCUT2D eigenvalue weighted by atomic mass is 10.0. The van der Waals surface area contributed by atoms with Crippen LogP contribution in [0, 0.1) is 5.92 Å². The van der Waals surface area contributed by atoms with Crippen molar-refractivity contribution in [2.45, 2.75) is 26.2 Å². The molecule has 0 aromatic heterocycles. The Morgan fingerprint density at radius 3 is 3.00 bits per heavy atom. The summed E-state index contributed by atoms with van der Waals surface area (Å²) in [6, 6.07) is 5.54. The first-order valence-electron chi connectivity index (χ1n) is 6.24. The molecule has 0 saturated carbocycles. The van der Waals surface area contributed by atoms with Gasteiger partial charge in [-0.3, -0.25) is 4.79 Å². The Morgan fingerprint density at radius 1 is 1.53 bits per heavy atom. The van der Waals surface area contributed by atoms with Crippen LogP contribution in [0.1, 0.15) is 36.5 Å². The smallest absolute Gasteiger partial charge is 0.150 e. The topological polar surface area (TPSA) is 20.3 Å². The standard InChI is InChI=1S/C14H18ClNO/c1-2-3-11-6-7-16(9-11)14-5-4-12(10-17)8-13(14)15/h4-5,8,10-11H,2-3,6-7,9H2,1H3.